The van der Waals surface area contributed by atoms with Crippen LogP contribution in [0.1, 0.15) is 11.1 Å². The number of fused-ring (bicyclic) bond motifs is 1. The molecule has 0 aromatic heterocycles. The summed E-state index contributed by atoms with van der Waals surface area (Å²) in [6, 6.07) is 5.77. The zero-order valence-electron chi connectivity index (χ0n) is 5.77. The second-order valence-electron chi connectivity index (χ2n) is 2.58. The van der Waals surface area contributed by atoms with Gasteiger partial charge in [-0.15, -0.1) is 0 Å². The molecule has 1 aliphatic rings. The van der Waals surface area contributed by atoms with Crippen LogP contribution in [-0.4, -0.2) is 0 Å². The lowest BCUT2D eigenvalue weighted by molar-refractivity contribution is 0.626. The number of halogens is 2. The van der Waals surface area contributed by atoms with Gasteiger partial charge in [-0.25, -0.2) is 4.39 Å². The van der Waals surface area contributed by atoms with Crippen molar-refractivity contribution in [1.29, 1.82) is 0 Å². The van der Waals surface area contributed by atoms with Crippen LogP contribution in [0.2, 0.25) is 0 Å². The largest absolute Gasteiger partial charge is 0.211 e. The Bertz CT molecular complexity index is 328. The minimum absolute atomic E-state index is 0.0492. The zero-order valence-corrected chi connectivity index (χ0v) is 7.36. The van der Waals surface area contributed by atoms with Gasteiger partial charge >= 0.3 is 0 Å². The fourth-order valence-electron chi connectivity index (χ4n) is 1.29. The summed E-state index contributed by atoms with van der Waals surface area (Å²) in [5.74, 6) is -0.0492. The maximum absolute atomic E-state index is 12.7. The van der Waals surface area contributed by atoms with E-state index >= 15 is 0 Å². The van der Waals surface area contributed by atoms with Gasteiger partial charge in [0.25, 0.3) is 0 Å². The van der Waals surface area contributed by atoms with Crippen LogP contribution in [0.3, 0.4) is 0 Å². The van der Waals surface area contributed by atoms with Crippen molar-refractivity contribution >= 4 is 22.0 Å². The lowest BCUT2D eigenvalue weighted by Crippen LogP contribution is -1.82. The molecule has 0 saturated carbocycles. The first-order chi connectivity index (χ1) is 5.27. The zero-order chi connectivity index (χ0) is 7.84. The fourth-order valence-corrected chi connectivity index (χ4v) is 1.81. The minimum Gasteiger partial charge on any atom is -0.211 e. The Kier molecular flexibility index (Phi) is 1.57. The molecule has 1 aliphatic carbocycles. The van der Waals surface area contributed by atoms with Gasteiger partial charge in [0.15, 0.2) is 0 Å². The molecular formula is C9H6BrF. The highest BCUT2D eigenvalue weighted by Gasteiger charge is 2.13. The molecule has 1 aromatic carbocycles. The Labute approximate surface area is 72.9 Å². The molecule has 0 radical (unpaired) electrons. The summed E-state index contributed by atoms with van der Waals surface area (Å²) >= 11 is 3.37. The summed E-state index contributed by atoms with van der Waals surface area (Å²) in [5, 5.41) is 0. The van der Waals surface area contributed by atoms with Gasteiger partial charge in [0.05, 0.1) is 0 Å². The molecule has 0 bridgehead atoms. The van der Waals surface area contributed by atoms with E-state index in [1.807, 2.05) is 18.2 Å². The number of hydrogen-bond donors (Lipinski definition) is 0. The van der Waals surface area contributed by atoms with E-state index in [2.05, 4.69) is 15.9 Å². The van der Waals surface area contributed by atoms with Gasteiger partial charge < -0.3 is 0 Å². The van der Waals surface area contributed by atoms with Crippen LogP contribution in [0.15, 0.2) is 28.5 Å². The van der Waals surface area contributed by atoms with Gasteiger partial charge in [-0.2, -0.15) is 0 Å². The monoisotopic (exact) mass is 212 g/mol. The van der Waals surface area contributed by atoms with Crippen LogP contribution >= 0.6 is 15.9 Å². The lowest BCUT2D eigenvalue weighted by Gasteiger charge is -1.99. The van der Waals surface area contributed by atoms with E-state index in [1.165, 1.54) is 0 Å². The fraction of sp³-hybridized carbons (Fsp3) is 0.111. The highest BCUT2D eigenvalue weighted by molar-refractivity contribution is 9.10. The molecule has 0 atom stereocenters. The number of allylic oxidation sites excluding steroid dienone is 1. The van der Waals surface area contributed by atoms with E-state index in [4.69, 9.17) is 0 Å². The Morgan fingerprint density at radius 3 is 2.91 bits per heavy atom. The molecule has 56 valence electrons. The third kappa shape index (κ3) is 1.11. The Hall–Kier alpha value is -0.630. The van der Waals surface area contributed by atoms with E-state index in [1.54, 1.807) is 6.08 Å². The molecule has 0 N–H and O–H groups in total. The van der Waals surface area contributed by atoms with E-state index < -0.39 is 0 Å². The van der Waals surface area contributed by atoms with Crippen molar-refractivity contribution in [2.75, 3.05) is 0 Å². The average molecular weight is 213 g/mol. The minimum atomic E-state index is -0.0492. The molecule has 0 nitrogen and oxygen atoms in total. The molecule has 0 aliphatic heterocycles. The van der Waals surface area contributed by atoms with Gasteiger partial charge in [0, 0.05) is 10.9 Å². The van der Waals surface area contributed by atoms with Crippen molar-refractivity contribution in [2.24, 2.45) is 0 Å². The second kappa shape index (κ2) is 2.45. The molecular weight excluding hydrogens is 207 g/mol. The SMILES string of the molecule is FC1=Cc2cccc(Br)c2C1. The van der Waals surface area contributed by atoms with Crippen LogP contribution < -0.4 is 0 Å². The molecule has 0 heterocycles. The predicted molar refractivity (Wildman–Crippen MR) is 46.9 cm³/mol. The first-order valence-electron chi connectivity index (χ1n) is 3.41. The summed E-state index contributed by atoms with van der Waals surface area (Å²) in [5.41, 5.74) is 2.06. The summed E-state index contributed by atoms with van der Waals surface area (Å²) in [4.78, 5) is 0. The van der Waals surface area contributed by atoms with Gasteiger partial charge in [0.2, 0.25) is 0 Å². The maximum atomic E-state index is 12.7. The Morgan fingerprint density at radius 1 is 1.36 bits per heavy atom. The number of hydrogen-bond acceptors (Lipinski definition) is 0. The molecule has 1 aromatic rings. The summed E-state index contributed by atoms with van der Waals surface area (Å²) in [7, 11) is 0. The smallest absolute Gasteiger partial charge is 0.105 e. The second-order valence-corrected chi connectivity index (χ2v) is 3.43. The van der Waals surface area contributed by atoms with Crippen LogP contribution in [0.4, 0.5) is 4.39 Å². The standard InChI is InChI=1S/C9H6BrF/c10-9-3-1-2-6-4-7(11)5-8(6)9/h1-4H,5H2. The molecule has 0 amide bonds. The van der Waals surface area contributed by atoms with Crippen molar-refractivity contribution in [1.82, 2.24) is 0 Å². The average Bonchev–Trinajstić information content (AvgIpc) is 2.31. The van der Waals surface area contributed by atoms with Gasteiger partial charge in [-0.3, -0.25) is 0 Å². The lowest BCUT2D eigenvalue weighted by atomic mass is 10.1. The first kappa shape index (κ1) is 7.04. The molecule has 11 heavy (non-hydrogen) atoms. The van der Waals surface area contributed by atoms with Crippen molar-refractivity contribution in [3.63, 3.8) is 0 Å². The highest BCUT2D eigenvalue weighted by Crippen LogP contribution is 2.31. The molecule has 0 unspecified atom stereocenters. The highest BCUT2D eigenvalue weighted by atomic mass is 79.9. The van der Waals surface area contributed by atoms with Crippen molar-refractivity contribution < 1.29 is 4.39 Å². The third-order valence-corrected chi connectivity index (χ3v) is 2.56. The molecule has 0 spiro atoms. The molecule has 0 fully saturated rings. The van der Waals surface area contributed by atoms with Gasteiger partial charge in [0.1, 0.15) is 5.83 Å². The Morgan fingerprint density at radius 2 is 2.18 bits per heavy atom. The Balaban J connectivity index is 2.59. The van der Waals surface area contributed by atoms with Gasteiger partial charge in [-0.05, 0) is 23.3 Å². The van der Waals surface area contributed by atoms with Gasteiger partial charge in [-0.1, -0.05) is 28.1 Å². The van der Waals surface area contributed by atoms with E-state index in [-0.39, 0.29) is 5.83 Å². The van der Waals surface area contributed by atoms with Crippen molar-refractivity contribution in [3.05, 3.63) is 39.6 Å². The third-order valence-electron chi connectivity index (χ3n) is 1.81. The van der Waals surface area contributed by atoms with E-state index in [9.17, 15) is 4.39 Å². The molecule has 2 rings (SSSR count). The number of benzene rings is 1. The normalized spacial score (nSPS) is 14.5. The maximum Gasteiger partial charge on any atom is 0.105 e. The first-order valence-corrected chi connectivity index (χ1v) is 4.20. The van der Waals surface area contributed by atoms with E-state index in [0.717, 1.165) is 15.6 Å². The van der Waals surface area contributed by atoms with E-state index in [0.29, 0.717) is 6.42 Å². The quantitative estimate of drug-likeness (QED) is 0.620. The van der Waals surface area contributed by atoms with Crippen molar-refractivity contribution in [2.45, 2.75) is 6.42 Å². The van der Waals surface area contributed by atoms with Crippen LogP contribution in [0.5, 0.6) is 0 Å². The van der Waals surface area contributed by atoms with Crippen LogP contribution in [-0.2, 0) is 6.42 Å². The molecule has 0 saturated heterocycles. The summed E-state index contributed by atoms with van der Waals surface area (Å²) in [6.45, 7) is 0. The number of rotatable bonds is 0. The topological polar surface area (TPSA) is 0 Å². The van der Waals surface area contributed by atoms with Crippen LogP contribution in [0.25, 0.3) is 6.08 Å². The summed E-state index contributed by atoms with van der Waals surface area (Å²) < 4.78 is 13.7. The predicted octanol–water partition coefficient (Wildman–Crippen LogP) is 3.32. The molecule has 2 heteroatoms. The van der Waals surface area contributed by atoms with Crippen LogP contribution in [0, 0.1) is 0 Å². The van der Waals surface area contributed by atoms with Crippen molar-refractivity contribution in [3.8, 4) is 0 Å². The summed E-state index contributed by atoms with van der Waals surface area (Å²) in [6.07, 6.45) is 2.02.